The number of rotatable bonds is 5. The molecule has 0 amide bonds. The van der Waals surface area contributed by atoms with E-state index < -0.39 is 17.5 Å². The van der Waals surface area contributed by atoms with Crippen molar-refractivity contribution in [3.05, 3.63) is 114 Å². The van der Waals surface area contributed by atoms with Crippen LogP contribution in [0.3, 0.4) is 0 Å². The molecule has 0 unspecified atom stereocenters. The van der Waals surface area contributed by atoms with E-state index in [1.807, 2.05) is 30.3 Å². The van der Waals surface area contributed by atoms with Crippen molar-refractivity contribution in [1.82, 2.24) is 0 Å². The Kier molecular flexibility index (Phi) is 5.34. The van der Waals surface area contributed by atoms with Gasteiger partial charge in [0, 0.05) is 11.1 Å². The van der Waals surface area contributed by atoms with Crippen molar-refractivity contribution >= 4 is 0 Å². The molecule has 4 heteroatoms. The number of benzene rings is 4. The minimum Gasteiger partial charge on any atom is -0.489 e. The number of hydrogen-bond acceptors (Lipinski definition) is 1. The molecule has 0 aliphatic rings. The Balaban J connectivity index is 1.56. The second kappa shape index (κ2) is 8.23. The fourth-order valence-corrected chi connectivity index (χ4v) is 3.12. The molecule has 0 spiro atoms. The number of halogens is 3. The summed E-state index contributed by atoms with van der Waals surface area (Å²) in [6.45, 7) is 0.422. The van der Waals surface area contributed by atoms with Crippen LogP contribution in [0.4, 0.5) is 13.2 Å². The maximum atomic E-state index is 14.7. The van der Waals surface area contributed by atoms with E-state index in [-0.39, 0.29) is 16.7 Å². The molecule has 0 heterocycles. The normalized spacial score (nSPS) is 10.7. The molecule has 0 radical (unpaired) electrons. The highest BCUT2D eigenvalue weighted by Crippen LogP contribution is 2.32. The van der Waals surface area contributed by atoms with E-state index in [4.69, 9.17) is 4.74 Å². The molecule has 4 aromatic carbocycles. The fraction of sp³-hybridized carbons (Fsp3) is 0.0400. The number of ether oxygens (including phenoxy) is 1. The number of hydrogen-bond donors (Lipinski definition) is 0. The van der Waals surface area contributed by atoms with Gasteiger partial charge in [0.15, 0.2) is 11.6 Å². The molecule has 0 atom stereocenters. The van der Waals surface area contributed by atoms with E-state index >= 15 is 0 Å². The van der Waals surface area contributed by atoms with Gasteiger partial charge in [-0.05, 0) is 41.0 Å². The van der Waals surface area contributed by atoms with Gasteiger partial charge in [0.2, 0.25) is 0 Å². The highest BCUT2D eigenvalue weighted by Gasteiger charge is 2.16. The maximum absolute atomic E-state index is 14.7. The van der Waals surface area contributed by atoms with Gasteiger partial charge in [0.1, 0.15) is 18.2 Å². The molecule has 0 saturated heterocycles. The lowest BCUT2D eigenvalue weighted by atomic mass is 9.98. The second-order valence-corrected chi connectivity index (χ2v) is 6.60. The average Bonchev–Trinajstić information content (AvgIpc) is 2.75. The quantitative estimate of drug-likeness (QED) is 0.356. The van der Waals surface area contributed by atoms with Gasteiger partial charge in [-0.1, -0.05) is 66.7 Å². The van der Waals surface area contributed by atoms with Crippen molar-refractivity contribution in [1.29, 1.82) is 0 Å². The minimum absolute atomic E-state index is 0.0218. The standard InChI is InChI=1S/C25H17F3O/c26-20-8-4-7-19(15-20)23-14-13-22(24(27)25(23)28)18-9-11-21(12-10-18)29-16-17-5-2-1-3-6-17/h1-15H,16H2. The summed E-state index contributed by atoms with van der Waals surface area (Å²) in [5.74, 6) is -1.84. The van der Waals surface area contributed by atoms with Gasteiger partial charge in [0.25, 0.3) is 0 Å². The van der Waals surface area contributed by atoms with Gasteiger partial charge in [-0.2, -0.15) is 0 Å². The summed E-state index contributed by atoms with van der Waals surface area (Å²) in [5.41, 5.74) is 2.01. The van der Waals surface area contributed by atoms with Crippen LogP contribution in [-0.2, 0) is 6.61 Å². The van der Waals surface area contributed by atoms with Gasteiger partial charge >= 0.3 is 0 Å². The fourth-order valence-electron chi connectivity index (χ4n) is 3.12. The maximum Gasteiger partial charge on any atom is 0.167 e. The first-order valence-corrected chi connectivity index (χ1v) is 9.13. The molecule has 0 aromatic heterocycles. The molecular weight excluding hydrogens is 373 g/mol. The Morgan fingerprint density at radius 1 is 0.586 bits per heavy atom. The van der Waals surface area contributed by atoms with Crippen LogP contribution >= 0.6 is 0 Å². The SMILES string of the molecule is Fc1cccc(-c2ccc(-c3ccc(OCc4ccccc4)cc3)c(F)c2F)c1. The average molecular weight is 390 g/mol. The topological polar surface area (TPSA) is 9.23 Å². The largest absolute Gasteiger partial charge is 0.489 e. The lowest BCUT2D eigenvalue weighted by Crippen LogP contribution is -1.96. The van der Waals surface area contributed by atoms with Gasteiger partial charge < -0.3 is 4.74 Å². The smallest absolute Gasteiger partial charge is 0.167 e. The first-order chi connectivity index (χ1) is 14.1. The van der Waals surface area contributed by atoms with E-state index in [0.717, 1.165) is 5.56 Å². The molecule has 0 N–H and O–H groups in total. The third-order valence-corrected chi connectivity index (χ3v) is 4.63. The molecule has 4 aromatic rings. The van der Waals surface area contributed by atoms with Crippen LogP contribution < -0.4 is 4.74 Å². The lowest BCUT2D eigenvalue weighted by molar-refractivity contribution is 0.306. The van der Waals surface area contributed by atoms with E-state index in [2.05, 4.69) is 0 Å². The second-order valence-electron chi connectivity index (χ2n) is 6.60. The van der Waals surface area contributed by atoms with Crippen LogP contribution in [0, 0.1) is 17.5 Å². The first-order valence-electron chi connectivity index (χ1n) is 9.13. The van der Waals surface area contributed by atoms with Gasteiger partial charge in [-0.15, -0.1) is 0 Å². The molecule has 0 aliphatic heterocycles. The summed E-state index contributed by atoms with van der Waals surface area (Å²) in [5, 5.41) is 0. The van der Waals surface area contributed by atoms with Crippen molar-refractivity contribution in [3.63, 3.8) is 0 Å². The van der Waals surface area contributed by atoms with Crippen molar-refractivity contribution in [3.8, 4) is 28.0 Å². The Hall–Kier alpha value is -3.53. The summed E-state index contributed by atoms with van der Waals surface area (Å²) in [6, 6.07) is 24.9. The van der Waals surface area contributed by atoms with E-state index in [9.17, 15) is 13.2 Å². The van der Waals surface area contributed by atoms with E-state index in [0.29, 0.717) is 17.9 Å². The molecule has 4 rings (SSSR count). The van der Waals surface area contributed by atoms with Crippen LogP contribution in [0.1, 0.15) is 5.56 Å². The molecule has 0 fully saturated rings. The molecule has 144 valence electrons. The van der Waals surface area contributed by atoms with Crippen molar-refractivity contribution < 1.29 is 17.9 Å². The predicted octanol–water partition coefficient (Wildman–Crippen LogP) is 7.02. The highest BCUT2D eigenvalue weighted by molar-refractivity contribution is 5.72. The summed E-state index contributed by atoms with van der Waals surface area (Å²) in [7, 11) is 0. The Labute approximate surface area is 167 Å². The third-order valence-electron chi connectivity index (χ3n) is 4.63. The van der Waals surface area contributed by atoms with Crippen LogP contribution in [-0.4, -0.2) is 0 Å². The van der Waals surface area contributed by atoms with Gasteiger partial charge in [-0.25, -0.2) is 13.2 Å². The van der Waals surface area contributed by atoms with E-state index in [1.54, 1.807) is 30.3 Å². The molecule has 1 nitrogen and oxygen atoms in total. The zero-order valence-corrected chi connectivity index (χ0v) is 15.4. The summed E-state index contributed by atoms with van der Waals surface area (Å²) in [6.07, 6.45) is 0. The Bertz CT molecular complexity index is 1120. The zero-order valence-electron chi connectivity index (χ0n) is 15.4. The Morgan fingerprint density at radius 2 is 1.24 bits per heavy atom. The molecule has 0 aliphatic carbocycles. The van der Waals surface area contributed by atoms with Crippen molar-refractivity contribution in [2.75, 3.05) is 0 Å². The van der Waals surface area contributed by atoms with E-state index in [1.165, 1.54) is 30.3 Å². The predicted molar refractivity (Wildman–Crippen MR) is 108 cm³/mol. The van der Waals surface area contributed by atoms with Gasteiger partial charge in [0.05, 0.1) is 0 Å². The Morgan fingerprint density at radius 3 is 1.90 bits per heavy atom. The van der Waals surface area contributed by atoms with Gasteiger partial charge in [-0.3, -0.25) is 0 Å². The van der Waals surface area contributed by atoms with Crippen LogP contribution in [0.25, 0.3) is 22.3 Å². The summed E-state index contributed by atoms with van der Waals surface area (Å²) < 4.78 is 48.5. The van der Waals surface area contributed by atoms with Crippen LogP contribution in [0.2, 0.25) is 0 Å². The van der Waals surface area contributed by atoms with Crippen molar-refractivity contribution in [2.24, 2.45) is 0 Å². The minimum atomic E-state index is -1.00. The molecular formula is C25H17F3O. The molecule has 0 bridgehead atoms. The summed E-state index contributed by atoms with van der Waals surface area (Å²) >= 11 is 0. The first kappa shape index (κ1) is 18.8. The van der Waals surface area contributed by atoms with Crippen LogP contribution in [0.5, 0.6) is 5.75 Å². The highest BCUT2D eigenvalue weighted by atomic mass is 19.2. The monoisotopic (exact) mass is 390 g/mol. The molecule has 0 saturated carbocycles. The third kappa shape index (κ3) is 4.16. The van der Waals surface area contributed by atoms with Crippen molar-refractivity contribution in [2.45, 2.75) is 6.61 Å². The van der Waals surface area contributed by atoms with Crippen LogP contribution in [0.15, 0.2) is 91.0 Å². The lowest BCUT2D eigenvalue weighted by Gasteiger charge is -2.11. The summed E-state index contributed by atoms with van der Waals surface area (Å²) in [4.78, 5) is 0. The molecule has 29 heavy (non-hydrogen) atoms. The zero-order chi connectivity index (χ0) is 20.2.